The van der Waals surface area contributed by atoms with E-state index in [4.69, 9.17) is 9.47 Å². The molecule has 1 N–H and O–H groups in total. The van der Waals surface area contributed by atoms with Gasteiger partial charge in [-0.15, -0.1) is 0 Å². The zero-order chi connectivity index (χ0) is 25.1. The molecule has 0 aliphatic carbocycles. The van der Waals surface area contributed by atoms with Crippen molar-refractivity contribution in [1.29, 1.82) is 0 Å². The lowest BCUT2D eigenvalue weighted by molar-refractivity contribution is -0.132. The fraction of sp³-hybridized carbons (Fsp3) is 0.241. The topological polar surface area (TPSA) is 76.1 Å². The van der Waals surface area contributed by atoms with Gasteiger partial charge in [0.1, 0.15) is 17.3 Å². The van der Waals surface area contributed by atoms with Crippen LogP contribution in [0.3, 0.4) is 0 Å². The van der Waals surface area contributed by atoms with Crippen LogP contribution < -0.4 is 14.4 Å². The van der Waals surface area contributed by atoms with Crippen molar-refractivity contribution in [3.63, 3.8) is 0 Å². The lowest BCUT2D eigenvalue weighted by Gasteiger charge is -2.27. The Bertz CT molecular complexity index is 1300. The lowest BCUT2D eigenvalue weighted by Crippen LogP contribution is -2.30. The van der Waals surface area contributed by atoms with E-state index in [9.17, 15) is 14.7 Å². The smallest absolute Gasteiger partial charge is 0.300 e. The van der Waals surface area contributed by atoms with Gasteiger partial charge < -0.3 is 14.6 Å². The van der Waals surface area contributed by atoms with Crippen LogP contribution in [0.4, 0.5) is 5.69 Å². The highest BCUT2D eigenvalue weighted by Crippen LogP contribution is 2.44. The van der Waals surface area contributed by atoms with E-state index in [2.05, 4.69) is 0 Å². The van der Waals surface area contributed by atoms with Gasteiger partial charge in [0.2, 0.25) is 0 Å². The van der Waals surface area contributed by atoms with Crippen molar-refractivity contribution in [2.45, 2.75) is 33.7 Å². The molecule has 1 saturated heterocycles. The third-order valence-electron chi connectivity index (χ3n) is 6.21. The number of anilines is 1. The first kappa shape index (κ1) is 24.1. The van der Waals surface area contributed by atoms with Crippen LogP contribution in [0.15, 0.2) is 72.3 Å². The molecule has 1 fully saturated rings. The number of rotatable bonds is 7. The molecule has 6 heteroatoms. The molecule has 1 unspecified atom stereocenters. The summed E-state index contributed by atoms with van der Waals surface area (Å²) in [6.45, 7) is 8.43. The number of hydrogen-bond donors (Lipinski definition) is 1. The van der Waals surface area contributed by atoms with Crippen molar-refractivity contribution in [2.24, 2.45) is 0 Å². The number of aryl methyl sites for hydroxylation is 1. The van der Waals surface area contributed by atoms with Crippen LogP contribution in [-0.2, 0) is 9.59 Å². The first-order valence-corrected chi connectivity index (χ1v) is 11.7. The van der Waals surface area contributed by atoms with Crippen molar-refractivity contribution in [3.05, 3.63) is 94.6 Å². The average Bonchev–Trinajstić information content (AvgIpc) is 3.12. The standard InChI is InChI=1S/C29H29NO5/c1-5-34-21-15-16-22(24(17-21)35-6-2)27(31)25-26(20-12-8-7-9-13-20)30(29(33)28(25)32)23-14-10-11-18(3)19(23)4/h7-17,26,31H,5-6H2,1-4H3/b27-25+. The van der Waals surface area contributed by atoms with E-state index in [1.165, 1.54) is 4.90 Å². The van der Waals surface area contributed by atoms with Gasteiger partial charge in [-0.25, -0.2) is 0 Å². The first-order chi connectivity index (χ1) is 16.9. The van der Waals surface area contributed by atoms with Crippen LogP contribution in [0.25, 0.3) is 5.76 Å². The van der Waals surface area contributed by atoms with Crippen LogP contribution in [0.5, 0.6) is 11.5 Å². The second-order valence-electron chi connectivity index (χ2n) is 8.32. The number of hydrogen-bond acceptors (Lipinski definition) is 5. The molecule has 0 aromatic heterocycles. The number of benzene rings is 3. The second kappa shape index (κ2) is 10.1. The first-order valence-electron chi connectivity index (χ1n) is 11.7. The molecule has 3 aromatic rings. The Balaban J connectivity index is 1.96. The van der Waals surface area contributed by atoms with E-state index in [1.807, 2.05) is 76.2 Å². The van der Waals surface area contributed by atoms with Gasteiger partial charge in [0.15, 0.2) is 0 Å². The molecule has 1 aliphatic heterocycles. The summed E-state index contributed by atoms with van der Waals surface area (Å²) in [5, 5.41) is 11.5. The Morgan fingerprint density at radius 1 is 0.914 bits per heavy atom. The summed E-state index contributed by atoms with van der Waals surface area (Å²) in [6, 6.07) is 19.2. The lowest BCUT2D eigenvalue weighted by atomic mass is 9.94. The Kier molecular flexibility index (Phi) is 6.92. The van der Waals surface area contributed by atoms with Crippen LogP contribution in [-0.4, -0.2) is 30.0 Å². The van der Waals surface area contributed by atoms with Gasteiger partial charge in [-0.2, -0.15) is 0 Å². The molecule has 0 saturated carbocycles. The van der Waals surface area contributed by atoms with E-state index in [0.29, 0.717) is 36.0 Å². The summed E-state index contributed by atoms with van der Waals surface area (Å²) in [7, 11) is 0. The van der Waals surface area contributed by atoms with Crippen LogP contribution in [0.2, 0.25) is 0 Å². The Hall–Kier alpha value is -4.06. The van der Waals surface area contributed by atoms with Crippen molar-refractivity contribution >= 4 is 23.1 Å². The molecule has 1 atom stereocenters. The highest BCUT2D eigenvalue weighted by molar-refractivity contribution is 6.51. The predicted octanol–water partition coefficient (Wildman–Crippen LogP) is 5.73. The fourth-order valence-corrected chi connectivity index (χ4v) is 4.40. The number of nitrogens with zero attached hydrogens (tertiary/aromatic N) is 1. The third kappa shape index (κ3) is 4.39. The van der Waals surface area contributed by atoms with E-state index in [-0.39, 0.29) is 11.3 Å². The minimum Gasteiger partial charge on any atom is -0.507 e. The van der Waals surface area contributed by atoms with Crippen LogP contribution in [0, 0.1) is 13.8 Å². The Morgan fingerprint density at radius 3 is 2.31 bits per heavy atom. The van der Waals surface area contributed by atoms with E-state index in [1.54, 1.807) is 18.2 Å². The molecular weight excluding hydrogens is 442 g/mol. The van der Waals surface area contributed by atoms with Crippen molar-refractivity contribution in [1.82, 2.24) is 0 Å². The van der Waals surface area contributed by atoms with Gasteiger partial charge in [-0.05, 0) is 62.6 Å². The summed E-state index contributed by atoms with van der Waals surface area (Å²) in [5.74, 6) is -0.744. The fourth-order valence-electron chi connectivity index (χ4n) is 4.40. The molecule has 1 amide bonds. The molecular formula is C29H29NO5. The van der Waals surface area contributed by atoms with E-state index in [0.717, 1.165) is 16.7 Å². The van der Waals surface area contributed by atoms with Gasteiger partial charge in [0.05, 0.1) is 30.4 Å². The van der Waals surface area contributed by atoms with Crippen LogP contribution >= 0.6 is 0 Å². The Morgan fingerprint density at radius 2 is 1.63 bits per heavy atom. The number of aliphatic hydroxyl groups is 1. The molecule has 1 heterocycles. The average molecular weight is 472 g/mol. The normalized spacial score (nSPS) is 17.0. The SMILES string of the molecule is CCOc1ccc(/C(O)=C2\C(=O)C(=O)N(c3cccc(C)c3C)C2c2ccccc2)c(OCC)c1. The van der Waals surface area contributed by atoms with Gasteiger partial charge in [0.25, 0.3) is 11.7 Å². The van der Waals surface area contributed by atoms with Gasteiger partial charge >= 0.3 is 0 Å². The summed E-state index contributed by atoms with van der Waals surface area (Å²) in [5.41, 5.74) is 3.60. The molecule has 4 rings (SSSR count). The monoisotopic (exact) mass is 471 g/mol. The highest BCUT2D eigenvalue weighted by Gasteiger charge is 2.47. The summed E-state index contributed by atoms with van der Waals surface area (Å²) < 4.78 is 11.3. The number of ether oxygens (including phenoxy) is 2. The van der Waals surface area contributed by atoms with Crippen molar-refractivity contribution in [2.75, 3.05) is 18.1 Å². The number of aliphatic hydroxyl groups excluding tert-OH is 1. The largest absolute Gasteiger partial charge is 0.507 e. The summed E-state index contributed by atoms with van der Waals surface area (Å²) in [4.78, 5) is 28.4. The number of Topliss-reactive ketones (excluding diaryl/α,β-unsaturated/α-hetero) is 1. The molecule has 0 bridgehead atoms. The zero-order valence-electron chi connectivity index (χ0n) is 20.4. The molecule has 1 aliphatic rings. The molecule has 0 radical (unpaired) electrons. The molecule has 0 spiro atoms. The maximum Gasteiger partial charge on any atom is 0.300 e. The summed E-state index contributed by atoms with van der Waals surface area (Å²) in [6.07, 6.45) is 0. The van der Waals surface area contributed by atoms with Gasteiger partial charge in [-0.1, -0.05) is 42.5 Å². The Labute approximate surface area is 205 Å². The van der Waals surface area contributed by atoms with Gasteiger partial charge in [-0.3, -0.25) is 14.5 Å². The summed E-state index contributed by atoms with van der Waals surface area (Å²) >= 11 is 0. The van der Waals surface area contributed by atoms with Gasteiger partial charge in [0, 0.05) is 11.8 Å². The minimum atomic E-state index is -0.794. The minimum absolute atomic E-state index is 0.0206. The zero-order valence-corrected chi connectivity index (χ0v) is 20.4. The van der Waals surface area contributed by atoms with E-state index >= 15 is 0 Å². The quantitative estimate of drug-likeness (QED) is 0.271. The third-order valence-corrected chi connectivity index (χ3v) is 6.21. The number of ketones is 1. The number of amides is 1. The molecule has 3 aromatic carbocycles. The van der Waals surface area contributed by atoms with Crippen molar-refractivity contribution < 1.29 is 24.2 Å². The number of carbonyl (C=O) groups excluding carboxylic acids is 2. The van der Waals surface area contributed by atoms with Crippen molar-refractivity contribution in [3.8, 4) is 11.5 Å². The van der Waals surface area contributed by atoms with E-state index < -0.39 is 17.7 Å². The maximum atomic E-state index is 13.4. The molecule has 180 valence electrons. The van der Waals surface area contributed by atoms with Crippen LogP contribution in [0.1, 0.15) is 42.1 Å². The highest BCUT2D eigenvalue weighted by atomic mass is 16.5. The number of carbonyl (C=O) groups is 2. The maximum absolute atomic E-state index is 13.4. The predicted molar refractivity (Wildman–Crippen MR) is 136 cm³/mol. The molecule has 35 heavy (non-hydrogen) atoms. The molecule has 6 nitrogen and oxygen atoms in total. The second-order valence-corrected chi connectivity index (χ2v) is 8.32.